The molecular weight excluding hydrogens is 281 g/mol. The summed E-state index contributed by atoms with van der Waals surface area (Å²) in [5.41, 5.74) is 5.35. The summed E-state index contributed by atoms with van der Waals surface area (Å²) >= 11 is 0. The largest absolute Gasteiger partial charge is 0.416 e. The van der Waals surface area contributed by atoms with E-state index in [4.69, 9.17) is 5.73 Å². The zero-order valence-electron chi connectivity index (χ0n) is 12.1. The number of unbranched alkanes of at least 4 members (excludes halogenated alkanes) is 1. The van der Waals surface area contributed by atoms with Crippen molar-refractivity contribution in [2.24, 2.45) is 5.73 Å². The number of alkyl halides is 3. The summed E-state index contributed by atoms with van der Waals surface area (Å²) in [4.78, 5) is 13.8. The highest BCUT2D eigenvalue weighted by Crippen LogP contribution is 2.29. The number of carbonyl (C=O) groups is 1. The van der Waals surface area contributed by atoms with E-state index < -0.39 is 11.7 Å². The highest BCUT2D eigenvalue weighted by atomic mass is 19.4. The summed E-state index contributed by atoms with van der Waals surface area (Å²) in [5, 5.41) is 0. The molecule has 1 amide bonds. The van der Waals surface area contributed by atoms with Crippen molar-refractivity contribution in [3.05, 3.63) is 35.4 Å². The fourth-order valence-electron chi connectivity index (χ4n) is 1.96. The van der Waals surface area contributed by atoms with Crippen LogP contribution in [0, 0.1) is 0 Å². The molecule has 0 spiro atoms. The molecule has 1 aromatic rings. The predicted octanol–water partition coefficient (Wildman–Crippen LogP) is 2.84. The van der Waals surface area contributed by atoms with Gasteiger partial charge in [0.05, 0.1) is 12.0 Å². The Morgan fingerprint density at radius 2 is 1.81 bits per heavy atom. The van der Waals surface area contributed by atoms with Crippen molar-refractivity contribution in [3.63, 3.8) is 0 Å². The molecule has 0 aliphatic rings. The number of amides is 1. The number of benzene rings is 1. The number of hydrogen-bond donors (Lipinski definition) is 1. The molecular formula is C15H21F3N2O. The Labute approximate surface area is 122 Å². The molecule has 0 radical (unpaired) electrons. The van der Waals surface area contributed by atoms with Crippen LogP contribution in [0.3, 0.4) is 0 Å². The molecule has 2 N–H and O–H groups in total. The minimum atomic E-state index is -4.35. The molecule has 0 aromatic heterocycles. The smallest absolute Gasteiger partial charge is 0.341 e. The topological polar surface area (TPSA) is 46.3 Å². The molecule has 1 aromatic carbocycles. The van der Waals surface area contributed by atoms with Crippen LogP contribution in [0.4, 0.5) is 13.2 Å². The van der Waals surface area contributed by atoms with Crippen molar-refractivity contribution in [3.8, 4) is 0 Å². The van der Waals surface area contributed by atoms with Gasteiger partial charge < -0.3 is 10.6 Å². The third-order valence-corrected chi connectivity index (χ3v) is 3.17. The molecule has 6 heteroatoms. The Morgan fingerprint density at radius 3 is 2.29 bits per heavy atom. The van der Waals surface area contributed by atoms with Crippen molar-refractivity contribution >= 4 is 5.91 Å². The fourth-order valence-corrected chi connectivity index (χ4v) is 1.96. The van der Waals surface area contributed by atoms with Crippen LogP contribution < -0.4 is 5.73 Å². The van der Waals surface area contributed by atoms with Crippen LogP contribution in [-0.4, -0.2) is 30.4 Å². The van der Waals surface area contributed by atoms with E-state index >= 15 is 0 Å². The standard InChI is InChI=1S/C15H21F3N2O/c1-2-3-9-20(10-8-19)14(21)11-12-4-6-13(7-5-12)15(16,17)18/h4-7H,2-3,8-11,19H2,1H3. The Balaban J connectivity index is 2.67. The molecule has 1 rings (SSSR count). The van der Waals surface area contributed by atoms with Crippen LogP contribution in [0.2, 0.25) is 0 Å². The average Bonchev–Trinajstić information content (AvgIpc) is 2.43. The van der Waals surface area contributed by atoms with E-state index in [1.54, 1.807) is 4.90 Å². The van der Waals surface area contributed by atoms with Crippen molar-refractivity contribution in [1.82, 2.24) is 4.90 Å². The third-order valence-electron chi connectivity index (χ3n) is 3.17. The molecule has 0 aliphatic heterocycles. The van der Waals surface area contributed by atoms with Crippen LogP contribution in [-0.2, 0) is 17.4 Å². The number of halogens is 3. The summed E-state index contributed by atoms with van der Waals surface area (Å²) in [6.07, 6.45) is -2.40. The highest BCUT2D eigenvalue weighted by molar-refractivity contribution is 5.78. The Kier molecular flexibility index (Phi) is 6.68. The van der Waals surface area contributed by atoms with E-state index in [-0.39, 0.29) is 12.3 Å². The van der Waals surface area contributed by atoms with Gasteiger partial charge in [0.2, 0.25) is 5.91 Å². The second-order valence-corrected chi connectivity index (χ2v) is 4.89. The minimum absolute atomic E-state index is 0.0991. The number of hydrogen-bond acceptors (Lipinski definition) is 2. The Bertz CT molecular complexity index is 443. The maximum atomic E-state index is 12.5. The summed E-state index contributed by atoms with van der Waals surface area (Å²) < 4.78 is 37.4. The quantitative estimate of drug-likeness (QED) is 0.842. The van der Waals surface area contributed by atoms with E-state index in [9.17, 15) is 18.0 Å². The highest BCUT2D eigenvalue weighted by Gasteiger charge is 2.30. The maximum absolute atomic E-state index is 12.5. The van der Waals surface area contributed by atoms with Crippen LogP contribution in [0.15, 0.2) is 24.3 Å². The van der Waals surface area contributed by atoms with Crippen LogP contribution in [0.25, 0.3) is 0 Å². The SMILES string of the molecule is CCCCN(CCN)C(=O)Cc1ccc(C(F)(F)F)cc1. The van der Waals surface area contributed by atoms with E-state index in [0.29, 0.717) is 25.2 Å². The lowest BCUT2D eigenvalue weighted by Gasteiger charge is -2.22. The van der Waals surface area contributed by atoms with Gasteiger partial charge in [-0.3, -0.25) is 4.79 Å². The minimum Gasteiger partial charge on any atom is -0.341 e. The Hall–Kier alpha value is -1.56. The monoisotopic (exact) mass is 302 g/mol. The van der Waals surface area contributed by atoms with Gasteiger partial charge in [0.1, 0.15) is 0 Å². The molecule has 0 unspecified atom stereocenters. The first-order valence-corrected chi connectivity index (χ1v) is 7.02. The van der Waals surface area contributed by atoms with Crippen LogP contribution >= 0.6 is 0 Å². The molecule has 0 saturated heterocycles. The van der Waals surface area contributed by atoms with Gasteiger partial charge >= 0.3 is 6.18 Å². The molecule has 118 valence electrons. The number of carbonyl (C=O) groups excluding carboxylic acids is 1. The normalized spacial score (nSPS) is 11.5. The van der Waals surface area contributed by atoms with Gasteiger partial charge in [-0.05, 0) is 24.1 Å². The second kappa shape index (κ2) is 8.02. The summed E-state index contributed by atoms with van der Waals surface area (Å²) in [7, 11) is 0. The van der Waals surface area contributed by atoms with Crippen LogP contribution in [0.5, 0.6) is 0 Å². The zero-order valence-corrected chi connectivity index (χ0v) is 12.1. The Morgan fingerprint density at radius 1 is 1.19 bits per heavy atom. The molecule has 3 nitrogen and oxygen atoms in total. The van der Waals surface area contributed by atoms with Gasteiger partial charge in [0.15, 0.2) is 0 Å². The first-order chi connectivity index (χ1) is 9.88. The molecule has 0 aliphatic carbocycles. The van der Waals surface area contributed by atoms with Crippen LogP contribution in [0.1, 0.15) is 30.9 Å². The van der Waals surface area contributed by atoms with Gasteiger partial charge in [0, 0.05) is 19.6 Å². The molecule has 21 heavy (non-hydrogen) atoms. The van der Waals surface area contributed by atoms with E-state index in [2.05, 4.69) is 0 Å². The molecule has 0 saturated carbocycles. The van der Waals surface area contributed by atoms with Gasteiger partial charge in [-0.1, -0.05) is 25.5 Å². The lowest BCUT2D eigenvalue weighted by molar-refractivity contribution is -0.137. The number of nitrogens with two attached hydrogens (primary N) is 1. The first-order valence-electron chi connectivity index (χ1n) is 7.02. The van der Waals surface area contributed by atoms with Gasteiger partial charge in [-0.15, -0.1) is 0 Å². The molecule has 0 heterocycles. The van der Waals surface area contributed by atoms with Crippen molar-refractivity contribution in [2.45, 2.75) is 32.4 Å². The third kappa shape index (κ3) is 5.75. The molecule has 0 bridgehead atoms. The van der Waals surface area contributed by atoms with E-state index in [1.165, 1.54) is 12.1 Å². The first kappa shape index (κ1) is 17.5. The van der Waals surface area contributed by atoms with Crippen molar-refractivity contribution in [1.29, 1.82) is 0 Å². The van der Waals surface area contributed by atoms with Gasteiger partial charge in [-0.25, -0.2) is 0 Å². The van der Waals surface area contributed by atoms with E-state index in [0.717, 1.165) is 25.0 Å². The number of nitrogens with zero attached hydrogens (tertiary/aromatic N) is 1. The van der Waals surface area contributed by atoms with Crippen molar-refractivity contribution < 1.29 is 18.0 Å². The summed E-state index contributed by atoms with van der Waals surface area (Å²) in [5.74, 6) is -0.103. The second-order valence-electron chi connectivity index (χ2n) is 4.89. The lowest BCUT2D eigenvalue weighted by Crippen LogP contribution is -2.37. The van der Waals surface area contributed by atoms with E-state index in [1.807, 2.05) is 6.92 Å². The summed E-state index contributed by atoms with van der Waals surface area (Å²) in [6.45, 7) is 3.51. The van der Waals surface area contributed by atoms with Crippen molar-refractivity contribution in [2.75, 3.05) is 19.6 Å². The summed E-state index contributed by atoms with van der Waals surface area (Å²) in [6, 6.07) is 4.70. The molecule has 0 atom stereocenters. The fraction of sp³-hybridized carbons (Fsp3) is 0.533. The number of rotatable bonds is 7. The maximum Gasteiger partial charge on any atom is 0.416 e. The average molecular weight is 302 g/mol. The zero-order chi connectivity index (χ0) is 15.9. The van der Waals surface area contributed by atoms with Gasteiger partial charge in [0.25, 0.3) is 0 Å². The van der Waals surface area contributed by atoms with Gasteiger partial charge in [-0.2, -0.15) is 13.2 Å². The lowest BCUT2D eigenvalue weighted by atomic mass is 10.1. The predicted molar refractivity (Wildman–Crippen MR) is 75.7 cm³/mol. The molecule has 0 fully saturated rings.